The van der Waals surface area contributed by atoms with E-state index in [2.05, 4.69) is 5.32 Å². The molecule has 21 heavy (non-hydrogen) atoms. The first kappa shape index (κ1) is 14.9. The Morgan fingerprint density at radius 3 is 2.48 bits per heavy atom. The van der Waals surface area contributed by atoms with Gasteiger partial charge in [0.2, 0.25) is 0 Å². The number of aromatic hydroxyl groups is 1. The zero-order valence-electron chi connectivity index (χ0n) is 11.0. The predicted octanol–water partition coefficient (Wildman–Crippen LogP) is 3.97. The van der Waals surface area contributed by atoms with Crippen LogP contribution >= 0.6 is 0 Å². The largest absolute Gasteiger partial charge is 0.507 e. The van der Waals surface area contributed by atoms with Crippen LogP contribution in [0.2, 0.25) is 0 Å². The van der Waals surface area contributed by atoms with Gasteiger partial charge in [-0.2, -0.15) is 13.2 Å². The number of para-hydroxylation sites is 1. The van der Waals surface area contributed by atoms with Crippen molar-refractivity contribution in [2.45, 2.75) is 13.1 Å². The van der Waals surface area contributed by atoms with Crippen LogP contribution in [-0.4, -0.2) is 11.0 Å². The Bertz CT molecular complexity index is 681. The van der Waals surface area contributed by atoms with E-state index < -0.39 is 17.6 Å². The summed E-state index contributed by atoms with van der Waals surface area (Å²) in [4.78, 5) is 12.0. The van der Waals surface area contributed by atoms with Gasteiger partial charge in [-0.3, -0.25) is 4.79 Å². The predicted molar refractivity (Wildman–Crippen MR) is 72.2 cm³/mol. The summed E-state index contributed by atoms with van der Waals surface area (Å²) in [5.74, 6) is -0.863. The van der Waals surface area contributed by atoms with Crippen LogP contribution in [0.4, 0.5) is 18.9 Å². The molecule has 0 saturated heterocycles. The van der Waals surface area contributed by atoms with Gasteiger partial charge in [-0.25, -0.2) is 0 Å². The van der Waals surface area contributed by atoms with Crippen LogP contribution in [0.3, 0.4) is 0 Å². The van der Waals surface area contributed by atoms with Crippen LogP contribution < -0.4 is 5.32 Å². The first-order valence-corrected chi connectivity index (χ1v) is 6.06. The van der Waals surface area contributed by atoms with Gasteiger partial charge >= 0.3 is 6.18 Å². The van der Waals surface area contributed by atoms with Gasteiger partial charge in [-0.15, -0.1) is 0 Å². The highest BCUT2D eigenvalue weighted by Crippen LogP contribution is 2.31. The van der Waals surface area contributed by atoms with Gasteiger partial charge in [0.05, 0.1) is 11.1 Å². The third-order valence-corrected chi connectivity index (χ3v) is 2.93. The van der Waals surface area contributed by atoms with Gasteiger partial charge in [-0.05, 0) is 36.8 Å². The summed E-state index contributed by atoms with van der Waals surface area (Å²) in [6.45, 7) is 1.62. The quantitative estimate of drug-likeness (QED) is 0.880. The standard InChI is InChI=1S/C15H12F3NO2/c1-9-4-2-7-12(13(9)20)14(21)19-11-6-3-5-10(8-11)15(16,17)18/h2-8,20H,1H3,(H,19,21). The van der Waals surface area contributed by atoms with Crippen molar-refractivity contribution < 1.29 is 23.1 Å². The smallest absolute Gasteiger partial charge is 0.416 e. The lowest BCUT2D eigenvalue weighted by Gasteiger charge is -2.11. The van der Waals surface area contributed by atoms with Crippen LogP contribution in [-0.2, 0) is 6.18 Å². The molecular formula is C15H12F3NO2. The third kappa shape index (κ3) is 3.34. The number of hydrogen-bond donors (Lipinski definition) is 2. The number of carbonyl (C=O) groups is 1. The first-order valence-electron chi connectivity index (χ1n) is 6.06. The molecular weight excluding hydrogens is 283 g/mol. The Morgan fingerprint density at radius 2 is 1.81 bits per heavy atom. The molecule has 0 radical (unpaired) electrons. The van der Waals surface area contributed by atoms with Gasteiger partial charge in [0.25, 0.3) is 5.91 Å². The number of phenols is 1. The summed E-state index contributed by atoms with van der Waals surface area (Å²) in [6.07, 6.45) is -4.48. The maximum atomic E-state index is 12.6. The minimum Gasteiger partial charge on any atom is -0.507 e. The van der Waals surface area contributed by atoms with Crippen molar-refractivity contribution >= 4 is 11.6 Å². The Kier molecular flexibility index (Phi) is 3.88. The van der Waals surface area contributed by atoms with Crippen molar-refractivity contribution in [3.63, 3.8) is 0 Å². The molecule has 110 valence electrons. The Hall–Kier alpha value is -2.50. The number of hydrogen-bond acceptors (Lipinski definition) is 2. The van der Waals surface area contributed by atoms with Gasteiger partial charge < -0.3 is 10.4 Å². The molecule has 3 nitrogen and oxygen atoms in total. The number of carbonyl (C=O) groups excluding carboxylic acids is 1. The highest BCUT2D eigenvalue weighted by molar-refractivity contribution is 6.06. The minimum atomic E-state index is -4.48. The Balaban J connectivity index is 2.26. The normalized spacial score (nSPS) is 11.2. The van der Waals surface area contributed by atoms with Crippen molar-refractivity contribution in [2.24, 2.45) is 0 Å². The maximum Gasteiger partial charge on any atom is 0.416 e. The maximum absolute atomic E-state index is 12.6. The average molecular weight is 295 g/mol. The SMILES string of the molecule is Cc1cccc(C(=O)Nc2cccc(C(F)(F)F)c2)c1O. The molecule has 0 bridgehead atoms. The summed E-state index contributed by atoms with van der Waals surface area (Å²) < 4.78 is 37.8. The van der Waals surface area contributed by atoms with E-state index in [1.807, 2.05) is 0 Å². The van der Waals surface area contributed by atoms with Gasteiger partial charge in [0, 0.05) is 5.69 Å². The lowest BCUT2D eigenvalue weighted by molar-refractivity contribution is -0.137. The highest BCUT2D eigenvalue weighted by Gasteiger charge is 2.30. The van der Waals surface area contributed by atoms with E-state index in [-0.39, 0.29) is 17.0 Å². The number of benzene rings is 2. The van der Waals surface area contributed by atoms with Crippen molar-refractivity contribution in [3.05, 3.63) is 59.2 Å². The van der Waals surface area contributed by atoms with E-state index in [1.165, 1.54) is 18.2 Å². The van der Waals surface area contributed by atoms with E-state index in [0.29, 0.717) is 5.56 Å². The van der Waals surface area contributed by atoms with E-state index >= 15 is 0 Å². The van der Waals surface area contributed by atoms with Crippen LogP contribution in [0.5, 0.6) is 5.75 Å². The minimum absolute atomic E-state index is 0.00686. The van der Waals surface area contributed by atoms with E-state index in [9.17, 15) is 23.1 Å². The number of nitrogens with one attached hydrogen (secondary N) is 1. The van der Waals surface area contributed by atoms with Crippen LogP contribution in [0, 0.1) is 6.92 Å². The van der Waals surface area contributed by atoms with E-state index in [0.717, 1.165) is 12.1 Å². The Morgan fingerprint density at radius 1 is 1.14 bits per heavy atom. The number of amides is 1. The second-order valence-electron chi connectivity index (χ2n) is 4.50. The average Bonchev–Trinajstić information content (AvgIpc) is 2.41. The summed E-state index contributed by atoms with van der Waals surface area (Å²) >= 11 is 0. The molecule has 0 aromatic heterocycles. The molecule has 6 heteroatoms. The second-order valence-corrected chi connectivity index (χ2v) is 4.50. The first-order chi connectivity index (χ1) is 9.79. The van der Waals surface area contributed by atoms with E-state index in [4.69, 9.17) is 0 Å². The lowest BCUT2D eigenvalue weighted by atomic mass is 10.1. The molecule has 0 fully saturated rings. The number of halogens is 3. The fourth-order valence-electron chi connectivity index (χ4n) is 1.81. The molecule has 0 atom stereocenters. The van der Waals surface area contributed by atoms with Crippen molar-refractivity contribution in [1.82, 2.24) is 0 Å². The van der Waals surface area contributed by atoms with Crippen LogP contribution in [0.25, 0.3) is 0 Å². The number of rotatable bonds is 2. The molecule has 0 heterocycles. The monoisotopic (exact) mass is 295 g/mol. The molecule has 0 spiro atoms. The van der Waals surface area contributed by atoms with E-state index in [1.54, 1.807) is 19.1 Å². The van der Waals surface area contributed by atoms with Crippen molar-refractivity contribution in [1.29, 1.82) is 0 Å². The van der Waals surface area contributed by atoms with Gasteiger partial charge in [-0.1, -0.05) is 18.2 Å². The lowest BCUT2D eigenvalue weighted by Crippen LogP contribution is -2.13. The summed E-state index contributed by atoms with van der Waals surface area (Å²) in [5, 5.41) is 12.1. The molecule has 2 rings (SSSR count). The number of alkyl halides is 3. The fraction of sp³-hybridized carbons (Fsp3) is 0.133. The fourth-order valence-corrected chi connectivity index (χ4v) is 1.81. The van der Waals surface area contributed by atoms with Crippen LogP contribution in [0.1, 0.15) is 21.5 Å². The number of anilines is 1. The molecule has 2 aromatic carbocycles. The zero-order valence-corrected chi connectivity index (χ0v) is 11.0. The number of phenolic OH excluding ortho intramolecular Hbond substituents is 1. The third-order valence-electron chi connectivity index (χ3n) is 2.93. The van der Waals surface area contributed by atoms with Gasteiger partial charge in [0.1, 0.15) is 5.75 Å². The number of aryl methyl sites for hydroxylation is 1. The molecule has 0 aliphatic heterocycles. The van der Waals surface area contributed by atoms with Crippen LogP contribution in [0.15, 0.2) is 42.5 Å². The molecule has 0 aliphatic rings. The Labute approximate surface area is 119 Å². The van der Waals surface area contributed by atoms with Crippen molar-refractivity contribution in [2.75, 3.05) is 5.32 Å². The molecule has 2 N–H and O–H groups in total. The van der Waals surface area contributed by atoms with Gasteiger partial charge in [0.15, 0.2) is 0 Å². The topological polar surface area (TPSA) is 49.3 Å². The molecule has 2 aromatic rings. The highest BCUT2D eigenvalue weighted by atomic mass is 19.4. The molecule has 1 amide bonds. The summed E-state index contributed by atoms with van der Waals surface area (Å²) in [6, 6.07) is 8.90. The second kappa shape index (κ2) is 5.47. The zero-order chi connectivity index (χ0) is 15.6. The molecule has 0 aliphatic carbocycles. The molecule has 0 saturated carbocycles. The summed E-state index contributed by atoms with van der Waals surface area (Å²) in [5.41, 5.74) is -0.330. The summed E-state index contributed by atoms with van der Waals surface area (Å²) in [7, 11) is 0. The van der Waals surface area contributed by atoms with Crippen molar-refractivity contribution in [3.8, 4) is 5.75 Å². The molecule has 0 unspecified atom stereocenters.